The number of hydrogen-bond acceptors (Lipinski definition) is 2. The van der Waals surface area contributed by atoms with Crippen LogP contribution >= 0.6 is 0 Å². The van der Waals surface area contributed by atoms with Gasteiger partial charge in [0.2, 0.25) is 0 Å². The van der Waals surface area contributed by atoms with E-state index in [2.05, 4.69) is 147 Å². The summed E-state index contributed by atoms with van der Waals surface area (Å²) in [6, 6.07) is 34.4. The third kappa shape index (κ3) is 4.23. The van der Waals surface area contributed by atoms with Crippen molar-refractivity contribution in [3.05, 3.63) is 201 Å². The molecular weight excluding hydrogens is 621 g/mol. The molecule has 0 radical (unpaired) electrons. The van der Waals surface area contributed by atoms with Crippen LogP contribution in [-0.4, -0.2) is 0 Å². The van der Waals surface area contributed by atoms with Gasteiger partial charge in [0, 0.05) is 33.6 Å². The van der Waals surface area contributed by atoms with Gasteiger partial charge in [-0.2, -0.15) is 0 Å². The summed E-state index contributed by atoms with van der Waals surface area (Å²) in [5.74, 6) is 1.40. The van der Waals surface area contributed by atoms with E-state index in [-0.39, 0.29) is 11.8 Å². The Morgan fingerprint density at radius 2 is 1.29 bits per heavy atom. The molecule has 51 heavy (non-hydrogen) atoms. The summed E-state index contributed by atoms with van der Waals surface area (Å²) in [7, 11) is 0. The standard InChI is InChI=1S/C49H32O2/c1-28-7-3-4-8-32(28)26-46-29(2)41-24-35(15-21-44(41)50-46)37-17-11-30-14-20-40-38(18-12-31-13-19-39(37)48(30)49(31)40)36-16-22-45-42(25-36)43-23-33-9-5-6-10-34(33)27-47(43)51-45/h3-27,48-49H,1H2,2H3/b32-26-. The number of fused-ring (bicyclic) bond motifs is 5. The first kappa shape index (κ1) is 28.5. The van der Waals surface area contributed by atoms with E-state index in [4.69, 9.17) is 8.83 Å². The van der Waals surface area contributed by atoms with E-state index in [9.17, 15) is 0 Å². The highest BCUT2D eigenvalue weighted by Gasteiger charge is 2.40. The van der Waals surface area contributed by atoms with Crippen LogP contribution in [0.3, 0.4) is 0 Å². The van der Waals surface area contributed by atoms with Crippen LogP contribution in [-0.2, 0) is 0 Å². The Kier molecular flexibility index (Phi) is 5.89. The summed E-state index contributed by atoms with van der Waals surface area (Å²) < 4.78 is 12.7. The first-order chi connectivity index (χ1) is 25.1. The van der Waals surface area contributed by atoms with Crippen molar-refractivity contribution in [2.24, 2.45) is 11.8 Å². The van der Waals surface area contributed by atoms with Crippen molar-refractivity contribution in [1.29, 1.82) is 0 Å². The van der Waals surface area contributed by atoms with Gasteiger partial charge in [0.05, 0.1) is 0 Å². The summed E-state index contributed by atoms with van der Waals surface area (Å²) in [5, 5.41) is 7.95. The topological polar surface area (TPSA) is 26.3 Å². The van der Waals surface area contributed by atoms with Gasteiger partial charge in [-0.15, -0.1) is 0 Å². The molecule has 2 heteroatoms. The van der Waals surface area contributed by atoms with Gasteiger partial charge in [-0.25, -0.2) is 0 Å². The summed E-state index contributed by atoms with van der Waals surface area (Å²) in [6.07, 6.45) is 20.8. The molecule has 0 bridgehead atoms. The van der Waals surface area contributed by atoms with Crippen LogP contribution in [0.4, 0.5) is 0 Å². The molecule has 0 aliphatic heterocycles. The Balaban J connectivity index is 0.997. The summed E-state index contributed by atoms with van der Waals surface area (Å²) in [6.45, 7) is 6.35. The number of allylic oxidation sites excluding steroid dienone is 14. The van der Waals surface area contributed by atoms with E-state index in [0.717, 1.165) is 54.7 Å². The Morgan fingerprint density at radius 1 is 0.588 bits per heavy atom. The number of aryl methyl sites for hydroxylation is 1. The second kappa shape index (κ2) is 10.6. The molecule has 2 unspecified atom stereocenters. The zero-order valence-corrected chi connectivity index (χ0v) is 28.1. The third-order valence-electron chi connectivity index (χ3n) is 11.4. The lowest BCUT2D eigenvalue weighted by atomic mass is 9.61. The first-order valence-corrected chi connectivity index (χ1v) is 17.7. The number of rotatable bonds is 3. The molecule has 2 atom stereocenters. The normalized spacial score (nSPS) is 19.5. The first-order valence-electron chi connectivity index (χ1n) is 17.7. The van der Waals surface area contributed by atoms with E-state index >= 15 is 0 Å². The molecule has 2 aromatic heterocycles. The number of hydrogen-bond donors (Lipinski definition) is 0. The molecule has 7 aromatic rings. The average Bonchev–Trinajstić information content (AvgIpc) is 3.68. The zero-order chi connectivity index (χ0) is 33.8. The molecule has 0 spiro atoms. The molecular formula is C49H32O2. The molecule has 2 heterocycles. The van der Waals surface area contributed by atoms with E-state index in [1.807, 2.05) is 18.2 Å². The molecule has 2 nitrogen and oxygen atoms in total. The molecule has 0 amide bonds. The zero-order valence-electron chi connectivity index (χ0n) is 28.1. The average molecular weight is 653 g/mol. The van der Waals surface area contributed by atoms with E-state index < -0.39 is 0 Å². The highest BCUT2D eigenvalue weighted by atomic mass is 16.3. The minimum absolute atomic E-state index is 0.258. The summed E-state index contributed by atoms with van der Waals surface area (Å²) >= 11 is 0. The van der Waals surface area contributed by atoms with Crippen molar-refractivity contribution < 1.29 is 8.83 Å². The van der Waals surface area contributed by atoms with Crippen molar-refractivity contribution in [2.75, 3.05) is 0 Å². The summed E-state index contributed by atoms with van der Waals surface area (Å²) in [4.78, 5) is 0. The molecule has 0 N–H and O–H groups in total. The maximum atomic E-state index is 6.37. The Morgan fingerprint density at radius 3 is 2.18 bits per heavy atom. The van der Waals surface area contributed by atoms with Gasteiger partial charge in [-0.05, 0) is 115 Å². The summed E-state index contributed by atoms with van der Waals surface area (Å²) in [5.41, 5.74) is 14.4. The Hall–Kier alpha value is -6.38. The lowest BCUT2D eigenvalue weighted by Gasteiger charge is -2.42. The molecule has 11 rings (SSSR count). The quantitative estimate of drug-likeness (QED) is 0.190. The maximum Gasteiger partial charge on any atom is 0.136 e. The van der Waals surface area contributed by atoms with Gasteiger partial charge in [0.1, 0.15) is 22.5 Å². The Bertz CT molecular complexity index is 3050. The van der Waals surface area contributed by atoms with Crippen molar-refractivity contribution in [3.8, 4) is 0 Å². The van der Waals surface area contributed by atoms with Gasteiger partial charge in [0.15, 0.2) is 0 Å². The SMILES string of the molecule is C=c1cccc/c1=C/c1oc2ccc(C3=C4C=CC5=CC=C(c6ccc7oc8cc9ccccc9cc8c7c6)C6=CC=C(C=C3)C4C56)cc2c1C. The molecule has 0 saturated carbocycles. The van der Waals surface area contributed by atoms with Gasteiger partial charge >= 0.3 is 0 Å². The minimum Gasteiger partial charge on any atom is -0.456 e. The van der Waals surface area contributed by atoms with Crippen molar-refractivity contribution >= 4 is 67.5 Å². The van der Waals surface area contributed by atoms with E-state index in [1.165, 1.54) is 55.3 Å². The van der Waals surface area contributed by atoms with Crippen LogP contribution < -0.4 is 10.4 Å². The molecule has 4 aliphatic rings. The molecule has 4 aliphatic carbocycles. The fraction of sp³-hybridized carbons (Fsp3) is 0.0612. The van der Waals surface area contributed by atoms with Crippen LogP contribution in [0.5, 0.6) is 0 Å². The Labute approximate surface area is 295 Å². The number of benzene rings is 5. The highest BCUT2D eigenvalue weighted by Crippen LogP contribution is 2.54. The van der Waals surface area contributed by atoms with Crippen LogP contribution in [0.2, 0.25) is 0 Å². The molecule has 0 saturated heterocycles. The van der Waals surface area contributed by atoms with Crippen LogP contribution in [0.1, 0.15) is 22.5 Å². The van der Waals surface area contributed by atoms with Gasteiger partial charge in [0.25, 0.3) is 0 Å². The van der Waals surface area contributed by atoms with E-state index in [1.54, 1.807) is 0 Å². The van der Waals surface area contributed by atoms with Gasteiger partial charge in [-0.3, -0.25) is 0 Å². The molecule has 5 aromatic carbocycles. The third-order valence-corrected chi connectivity index (χ3v) is 11.4. The smallest absolute Gasteiger partial charge is 0.136 e. The number of furan rings is 2. The second-order valence-electron chi connectivity index (χ2n) is 14.2. The van der Waals surface area contributed by atoms with Gasteiger partial charge in [-0.1, -0.05) is 116 Å². The predicted molar refractivity (Wildman–Crippen MR) is 211 cm³/mol. The lowest BCUT2D eigenvalue weighted by molar-refractivity contribution is 0.569. The van der Waals surface area contributed by atoms with Crippen molar-refractivity contribution in [2.45, 2.75) is 6.92 Å². The van der Waals surface area contributed by atoms with Crippen LogP contribution in [0.25, 0.3) is 67.5 Å². The van der Waals surface area contributed by atoms with Crippen molar-refractivity contribution in [1.82, 2.24) is 0 Å². The maximum absolute atomic E-state index is 6.37. The van der Waals surface area contributed by atoms with E-state index in [0.29, 0.717) is 0 Å². The van der Waals surface area contributed by atoms with Crippen LogP contribution in [0.15, 0.2) is 177 Å². The molecule has 240 valence electrons. The molecule has 0 fully saturated rings. The highest BCUT2D eigenvalue weighted by molar-refractivity contribution is 6.11. The van der Waals surface area contributed by atoms with Crippen molar-refractivity contribution in [3.63, 3.8) is 0 Å². The minimum atomic E-state index is 0.258. The van der Waals surface area contributed by atoms with Gasteiger partial charge < -0.3 is 8.83 Å². The fourth-order valence-electron chi connectivity index (χ4n) is 8.79. The fourth-order valence-corrected chi connectivity index (χ4v) is 8.79. The monoisotopic (exact) mass is 652 g/mol. The largest absolute Gasteiger partial charge is 0.456 e. The second-order valence-corrected chi connectivity index (χ2v) is 14.2. The van der Waals surface area contributed by atoms with Crippen LogP contribution in [0, 0.1) is 18.8 Å². The lowest BCUT2D eigenvalue weighted by Crippen LogP contribution is -2.30. The predicted octanol–water partition coefficient (Wildman–Crippen LogP) is 11.0.